The Morgan fingerprint density at radius 3 is 2.07 bits per heavy atom. The Morgan fingerprint density at radius 1 is 1.14 bits per heavy atom. The molecule has 0 radical (unpaired) electrons. The van der Waals surface area contributed by atoms with Crippen molar-refractivity contribution in [1.82, 2.24) is 0 Å². The largest absolute Gasteiger partial charge is 0.414 e. The molecular weight excluding hydrogens is 193 g/mol. The summed E-state index contributed by atoms with van der Waals surface area (Å²) in [6, 6.07) is 0. The molecule has 1 atom stereocenters. The molecular formula is C10H19F3O. The summed E-state index contributed by atoms with van der Waals surface area (Å²) in [4.78, 5) is 0. The monoisotopic (exact) mass is 212 g/mol. The van der Waals surface area contributed by atoms with E-state index < -0.39 is 12.3 Å². The van der Waals surface area contributed by atoms with E-state index >= 15 is 0 Å². The van der Waals surface area contributed by atoms with Crippen LogP contribution in [0.4, 0.5) is 13.2 Å². The lowest BCUT2D eigenvalue weighted by Gasteiger charge is -2.20. The Balaban J connectivity index is 3.86. The lowest BCUT2D eigenvalue weighted by molar-refractivity contribution is -0.221. The number of hydrogen-bond donors (Lipinski definition) is 0. The van der Waals surface area contributed by atoms with Gasteiger partial charge in [0.25, 0.3) is 0 Å². The average molecular weight is 212 g/mol. The van der Waals surface area contributed by atoms with Gasteiger partial charge in [0.05, 0.1) is 0 Å². The minimum atomic E-state index is -4.22. The molecule has 0 bridgehead atoms. The van der Waals surface area contributed by atoms with Crippen molar-refractivity contribution in [3.05, 3.63) is 0 Å². The minimum Gasteiger partial charge on any atom is -0.369 e. The van der Waals surface area contributed by atoms with Gasteiger partial charge in [-0.3, -0.25) is 0 Å². The number of hydrogen-bond acceptors (Lipinski definition) is 1. The van der Waals surface area contributed by atoms with E-state index in [2.05, 4.69) is 4.74 Å². The molecule has 86 valence electrons. The molecule has 4 heteroatoms. The Bertz CT molecular complexity index is 143. The molecule has 0 saturated carbocycles. The van der Waals surface area contributed by atoms with E-state index in [1.54, 1.807) is 6.92 Å². The van der Waals surface area contributed by atoms with Gasteiger partial charge < -0.3 is 4.74 Å². The van der Waals surface area contributed by atoms with E-state index in [1.807, 2.05) is 13.8 Å². The second-order valence-electron chi connectivity index (χ2n) is 3.81. The highest BCUT2D eigenvalue weighted by Gasteiger charge is 2.39. The van der Waals surface area contributed by atoms with Crippen LogP contribution in [0.15, 0.2) is 0 Å². The van der Waals surface area contributed by atoms with Crippen LogP contribution in [0.25, 0.3) is 0 Å². The fourth-order valence-corrected chi connectivity index (χ4v) is 1.25. The van der Waals surface area contributed by atoms with Crippen LogP contribution in [0.2, 0.25) is 0 Å². The van der Waals surface area contributed by atoms with E-state index in [0.29, 0.717) is 12.3 Å². The van der Waals surface area contributed by atoms with Crippen molar-refractivity contribution < 1.29 is 17.9 Å². The lowest BCUT2D eigenvalue weighted by atomic mass is 10.0. The standard InChI is InChI=1S/C10H19F3O/c1-4-14-9(10(11,12)13)7-5-6-8(2)3/h8-9H,4-7H2,1-3H3. The second-order valence-corrected chi connectivity index (χ2v) is 3.81. The van der Waals surface area contributed by atoms with E-state index in [-0.39, 0.29) is 13.0 Å². The third-order valence-electron chi connectivity index (χ3n) is 1.98. The summed E-state index contributed by atoms with van der Waals surface area (Å²) in [5.41, 5.74) is 0. The average Bonchev–Trinajstić information content (AvgIpc) is 2.00. The summed E-state index contributed by atoms with van der Waals surface area (Å²) in [6.45, 7) is 5.71. The summed E-state index contributed by atoms with van der Waals surface area (Å²) >= 11 is 0. The van der Waals surface area contributed by atoms with Crippen molar-refractivity contribution in [2.24, 2.45) is 5.92 Å². The zero-order chi connectivity index (χ0) is 11.2. The number of rotatable bonds is 6. The first-order valence-corrected chi connectivity index (χ1v) is 5.06. The summed E-state index contributed by atoms with van der Waals surface area (Å²) in [6.07, 6.45) is -4.32. The molecule has 0 fully saturated rings. The van der Waals surface area contributed by atoms with Gasteiger partial charge in [0, 0.05) is 6.61 Å². The Kier molecular flexibility index (Phi) is 6.16. The maximum atomic E-state index is 12.3. The molecule has 0 spiro atoms. The van der Waals surface area contributed by atoms with Gasteiger partial charge in [0.1, 0.15) is 0 Å². The fourth-order valence-electron chi connectivity index (χ4n) is 1.25. The molecule has 0 N–H and O–H groups in total. The summed E-state index contributed by atoms with van der Waals surface area (Å²) < 4.78 is 41.6. The van der Waals surface area contributed by atoms with E-state index in [1.165, 1.54) is 0 Å². The summed E-state index contributed by atoms with van der Waals surface area (Å²) in [5.74, 6) is 0.450. The SMILES string of the molecule is CCOC(CCCC(C)C)C(F)(F)F. The third kappa shape index (κ3) is 6.24. The zero-order valence-corrected chi connectivity index (χ0v) is 9.03. The van der Waals surface area contributed by atoms with Crippen molar-refractivity contribution in [2.45, 2.75) is 52.3 Å². The van der Waals surface area contributed by atoms with Gasteiger partial charge in [0.15, 0.2) is 6.10 Å². The molecule has 1 unspecified atom stereocenters. The topological polar surface area (TPSA) is 9.23 Å². The maximum absolute atomic E-state index is 12.3. The first-order chi connectivity index (χ1) is 6.38. The van der Waals surface area contributed by atoms with Gasteiger partial charge in [-0.05, 0) is 19.3 Å². The Morgan fingerprint density at radius 2 is 1.71 bits per heavy atom. The second kappa shape index (κ2) is 6.27. The van der Waals surface area contributed by atoms with Gasteiger partial charge >= 0.3 is 6.18 Å². The molecule has 0 aliphatic rings. The smallest absolute Gasteiger partial charge is 0.369 e. The van der Waals surface area contributed by atoms with Crippen molar-refractivity contribution in [1.29, 1.82) is 0 Å². The van der Waals surface area contributed by atoms with Crippen molar-refractivity contribution in [3.63, 3.8) is 0 Å². The Hall–Kier alpha value is -0.250. The van der Waals surface area contributed by atoms with E-state index in [0.717, 1.165) is 6.42 Å². The van der Waals surface area contributed by atoms with Crippen molar-refractivity contribution in [2.75, 3.05) is 6.61 Å². The van der Waals surface area contributed by atoms with Crippen molar-refractivity contribution in [3.8, 4) is 0 Å². The highest BCUT2D eigenvalue weighted by atomic mass is 19.4. The molecule has 1 nitrogen and oxygen atoms in total. The van der Waals surface area contributed by atoms with Gasteiger partial charge in [-0.2, -0.15) is 13.2 Å². The first kappa shape index (κ1) is 13.8. The highest BCUT2D eigenvalue weighted by Crippen LogP contribution is 2.27. The molecule has 0 aliphatic heterocycles. The molecule has 0 aliphatic carbocycles. The summed E-state index contributed by atoms with van der Waals surface area (Å²) in [7, 11) is 0. The van der Waals surface area contributed by atoms with Crippen LogP contribution >= 0.6 is 0 Å². The van der Waals surface area contributed by atoms with Gasteiger partial charge in [-0.1, -0.05) is 26.7 Å². The van der Waals surface area contributed by atoms with Crippen LogP contribution < -0.4 is 0 Å². The number of ether oxygens (including phenoxy) is 1. The van der Waals surface area contributed by atoms with E-state index in [4.69, 9.17) is 0 Å². The van der Waals surface area contributed by atoms with Crippen LogP contribution in [0, 0.1) is 5.92 Å². The molecule has 14 heavy (non-hydrogen) atoms. The van der Waals surface area contributed by atoms with Gasteiger partial charge in [-0.25, -0.2) is 0 Å². The highest BCUT2D eigenvalue weighted by molar-refractivity contribution is 4.67. The molecule has 0 aromatic heterocycles. The molecule has 0 aromatic rings. The predicted molar refractivity (Wildman–Crippen MR) is 50.2 cm³/mol. The quantitative estimate of drug-likeness (QED) is 0.651. The first-order valence-electron chi connectivity index (χ1n) is 5.06. The number of halogens is 3. The summed E-state index contributed by atoms with van der Waals surface area (Å²) in [5, 5.41) is 0. The van der Waals surface area contributed by atoms with Crippen LogP contribution in [-0.2, 0) is 4.74 Å². The molecule has 0 saturated heterocycles. The van der Waals surface area contributed by atoms with Crippen molar-refractivity contribution >= 4 is 0 Å². The molecule has 0 amide bonds. The zero-order valence-electron chi connectivity index (χ0n) is 9.03. The van der Waals surface area contributed by atoms with Crippen LogP contribution in [-0.4, -0.2) is 18.9 Å². The number of alkyl halides is 3. The van der Waals surface area contributed by atoms with Crippen LogP contribution in [0.5, 0.6) is 0 Å². The lowest BCUT2D eigenvalue weighted by Crippen LogP contribution is -2.31. The Labute approximate surface area is 83.6 Å². The minimum absolute atomic E-state index is 0.0789. The fraction of sp³-hybridized carbons (Fsp3) is 1.00. The maximum Gasteiger partial charge on any atom is 0.414 e. The van der Waals surface area contributed by atoms with Gasteiger partial charge in [-0.15, -0.1) is 0 Å². The van der Waals surface area contributed by atoms with Crippen LogP contribution in [0.3, 0.4) is 0 Å². The third-order valence-corrected chi connectivity index (χ3v) is 1.98. The normalized spacial score (nSPS) is 14.8. The molecule has 0 heterocycles. The molecule has 0 aromatic carbocycles. The van der Waals surface area contributed by atoms with Gasteiger partial charge in [0.2, 0.25) is 0 Å². The molecule has 0 rings (SSSR count). The predicted octanol–water partition coefficient (Wildman–Crippen LogP) is 3.78. The van der Waals surface area contributed by atoms with E-state index in [9.17, 15) is 13.2 Å². The van der Waals surface area contributed by atoms with Crippen LogP contribution in [0.1, 0.15) is 40.0 Å².